The van der Waals surface area contributed by atoms with Gasteiger partial charge >= 0.3 is 0 Å². The Morgan fingerprint density at radius 3 is 3.00 bits per heavy atom. The van der Waals surface area contributed by atoms with Gasteiger partial charge in [0, 0.05) is 26.8 Å². The van der Waals surface area contributed by atoms with E-state index in [0.29, 0.717) is 12.1 Å². The molecule has 0 spiro atoms. The minimum Gasteiger partial charge on any atom is -0.374 e. The van der Waals surface area contributed by atoms with Gasteiger partial charge in [-0.1, -0.05) is 0 Å². The zero-order valence-electron chi connectivity index (χ0n) is 9.63. The molecule has 0 saturated carbocycles. The molecule has 5 heteroatoms. The van der Waals surface area contributed by atoms with Gasteiger partial charge in [-0.2, -0.15) is 4.98 Å². The van der Waals surface area contributed by atoms with Crippen molar-refractivity contribution >= 4 is 11.8 Å². The number of fused-ring (bicyclic) bond motifs is 2. The van der Waals surface area contributed by atoms with Crippen LogP contribution in [0.5, 0.6) is 0 Å². The van der Waals surface area contributed by atoms with Crippen LogP contribution in [0.2, 0.25) is 0 Å². The Labute approximate surface area is 95.0 Å². The second-order valence-electron chi connectivity index (χ2n) is 4.61. The molecule has 3 rings (SSSR count). The summed E-state index contributed by atoms with van der Waals surface area (Å²) in [5.74, 6) is 1.79. The van der Waals surface area contributed by atoms with Crippen molar-refractivity contribution in [2.24, 2.45) is 0 Å². The van der Waals surface area contributed by atoms with Gasteiger partial charge in [-0.25, -0.2) is 4.98 Å². The quantitative estimate of drug-likeness (QED) is 0.727. The third-order valence-corrected chi connectivity index (χ3v) is 3.24. The number of hydrogen-bond acceptors (Lipinski definition) is 5. The molecule has 0 aliphatic carbocycles. The molecule has 16 heavy (non-hydrogen) atoms. The van der Waals surface area contributed by atoms with E-state index in [1.165, 1.54) is 0 Å². The Morgan fingerprint density at radius 2 is 2.38 bits per heavy atom. The zero-order chi connectivity index (χ0) is 11.1. The van der Waals surface area contributed by atoms with E-state index in [-0.39, 0.29) is 0 Å². The first-order valence-electron chi connectivity index (χ1n) is 5.62. The Bertz CT molecular complexity index is 395. The van der Waals surface area contributed by atoms with E-state index >= 15 is 0 Å². The zero-order valence-corrected chi connectivity index (χ0v) is 9.63. The molecule has 2 aliphatic rings. The molecule has 2 saturated heterocycles. The van der Waals surface area contributed by atoms with E-state index in [1.54, 1.807) is 0 Å². The average Bonchev–Trinajstić information content (AvgIpc) is 2.91. The van der Waals surface area contributed by atoms with E-state index in [4.69, 9.17) is 4.74 Å². The molecule has 0 amide bonds. The van der Waals surface area contributed by atoms with Gasteiger partial charge in [-0.3, -0.25) is 0 Å². The first kappa shape index (κ1) is 9.84. The highest BCUT2D eigenvalue weighted by molar-refractivity contribution is 5.44. The highest BCUT2D eigenvalue weighted by atomic mass is 16.5. The SMILES string of the molecule is CN(C)c1ccnc(N2CC3CC2CO3)n1. The van der Waals surface area contributed by atoms with Gasteiger partial charge < -0.3 is 14.5 Å². The Kier molecular flexibility index (Phi) is 2.21. The smallest absolute Gasteiger partial charge is 0.227 e. The molecule has 0 N–H and O–H groups in total. The Morgan fingerprint density at radius 1 is 1.50 bits per heavy atom. The molecule has 0 radical (unpaired) electrons. The second-order valence-corrected chi connectivity index (χ2v) is 4.61. The van der Waals surface area contributed by atoms with Crippen molar-refractivity contribution in [1.29, 1.82) is 0 Å². The largest absolute Gasteiger partial charge is 0.374 e. The number of morpholine rings is 1. The van der Waals surface area contributed by atoms with Crippen molar-refractivity contribution in [1.82, 2.24) is 9.97 Å². The average molecular weight is 220 g/mol. The number of hydrogen-bond donors (Lipinski definition) is 0. The van der Waals surface area contributed by atoms with Crippen LogP contribution in [0.15, 0.2) is 12.3 Å². The van der Waals surface area contributed by atoms with E-state index in [2.05, 4.69) is 14.9 Å². The van der Waals surface area contributed by atoms with E-state index in [1.807, 2.05) is 31.3 Å². The fourth-order valence-corrected chi connectivity index (χ4v) is 2.37. The predicted molar refractivity (Wildman–Crippen MR) is 61.9 cm³/mol. The molecular weight excluding hydrogens is 204 g/mol. The molecule has 1 aromatic rings. The van der Waals surface area contributed by atoms with Crippen molar-refractivity contribution in [2.75, 3.05) is 37.0 Å². The summed E-state index contributed by atoms with van der Waals surface area (Å²) in [5.41, 5.74) is 0. The summed E-state index contributed by atoms with van der Waals surface area (Å²) in [6, 6.07) is 2.40. The summed E-state index contributed by atoms with van der Waals surface area (Å²) in [7, 11) is 3.98. The monoisotopic (exact) mass is 220 g/mol. The molecule has 3 heterocycles. The molecule has 2 unspecified atom stereocenters. The van der Waals surface area contributed by atoms with Crippen molar-refractivity contribution in [3.05, 3.63) is 12.3 Å². The van der Waals surface area contributed by atoms with Crippen LogP contribution in [0.3, 0.4) is 0 Å². The molecular formula is C11H16N4O. The number of anilines is 2. The maximum absolute atomic E-state index is 5.57. The molecule has 2 atom stereocenters. The fourth-order valence-electron chi connectivity index (χ4n) is 2.37. The maximum Gasteiger partial charge on any atom is 0.227 e. The highest BCUT2D eigenvalue weighted by Crippen LogP contribution is 2.30. The van der Waals surface area contributed by atoms with Gasteiger partial charge in [0.05, 0.1) is 18.8 Å². The normalized spacial score (nSPS) is 27.5. The Balaban J connectivity index is 1.86. The van der Waals surface area contributed by atoms with Crippen molar-refractivity contribution in [3.63, 3.8) is 0 Å². The van der Waals surface area contributed by atoms with Gasteiger partial charge in [0.25, 0.3) is 0 Å². The highest BCUT2D eigenvalue weighted by Gasteiger charge is 2.40. The maximum atomic E-state index is 5.57. The van der Waals surface area contributed by atoms with Crippen LogP contribution in [0.25, 0.3) is 0 Å². The lowest BCUT2D eigenvalue weighted by Gasteiger charge is -2.27. The van der Waals surface area contributed by atoms with Gasteiger partial charge in [0.1, 0.15) is 5.82 Å². The summed E-state index contributed by atoms with van der Waals surface area (Å²) < 4.78 is 5.57. The number of nitrogens with zero attached hydrogens (tertiary/aromatic N) is 4. The number of rotatable bonds is 2. The van der Waals surface area contributed by atoms with Gasteiger partial charge in [-0.15, -0.1) is 0 Å². The summed E-state index contributed by atoms with van der Waals surface area (Å²) in [4.78, 5) is 13.2. The van der Waals surface area contributed by atoms with Crippen molar-refractivity contribution < 1.29 is 4.74 Å². The molecule has 1 aromatic heterocycles. The van der Waals surface area contributed by atoms with E-state index in [9.17, 15) is 0 Å². The van der Waals surface area contributed by atoms with Crippen LogP contribution in [-0.4, -0.2) is 49.4 Å². The molecule has 0 aromatic carbocycles. The second kappa shape index (κ2) is 3.59. The summed E-state index contributed by atoms with van der Waals surface area (Å²) in [6.07, 6.45) is 3.33. The number of ether oxygens (including phenoxy) is 1. The summed E-state index contributed by atoms with van der Waals surface area (Å²) in [5, 5.41) is 0. The van der Waals surface area contributed by atoms with Crippen LogP contribution < -0.4 is 9.80 Å². The van der Waals surface area contributed by atoms with Crippen LogP contribution in [0.4, 0.5) is 11.8 Å². The van der Waals surface area contributed by atoms with Crippen LogP contribution in [-0.2, 0) is 4.74 Å². The van der Waals surface area contributed by atoms with E-state index < -0.39 is 0 Å². The molecule has 2 bridgehead atoms. The predicted octanol–water partition coefficient (Wildman–Crippen LogP) is 0.520. The van der Waals surface area contributed by atoms with Gasteiger partial charge in [-0.05, 0) is 12.5 Å². The number of aromatic nitrogens is 2. The first-order chi connectivity index (χ1) is 7.74. The molecule has 2 aliphatic heterocycles. The third kappa shape index (κ3) is 1.51. The lowest BCUT2D eigenvalue weighted by molar-refractivity contribution is 0.0986. The van der Waals surface area contributed by atoms with Gasteiger partial charge in [0.15, 0.2) is 0 Å². The molecule has 86 valence electrons. The van der Waals surface area contributed by atoms with Crippen LogP contribution in [0, 0.1) is 0 Å². The minimum absolute atomic E-state index is 0.386. The van der Waals surface area contributed by atoms with Crippen molar-refractivity contribution in [2.45, 2.75) is 18.6 Å². The van der Waals surface area contributed by atoms with Gasteiger partial charge in [0.2, 0.25) is 5.95 Å². The summed E-state index contributed by atoms with van der Waals surface area (Å²) in [6.45, 7) is 1.75. The summed E-state index contributed by atoms with van der Waals surface area (Å²) >= 11 is 0. The van der Waals surface area contributed by atoms with Crippen molar-refractivity contribution in [3.8, 4) is 0 Å². The van der Waals surface area contributed by atoms with E-state index in [0.717, 1.165) is 31.3 Å². The lowest BCUT2D eigenvalue weighted by atomic mass is 10.2. The standard InChI is InChI=1S/C11H16N4O/c1-14(2)10-3-4-12-11(13-10)15-6-9-5-8(15)7-16-9/h3-4,8-9H,5-7H2,1-2H3. The minimum atomic E-state index is 0.386. The Hall–Kier alpha value is -1.36. The van der Waals surface area contributed by atoms with Crippen LogP contribution >= 0.6 is 0 Å². The van der Waals surface area contributed by atoms with Crippen LogP contribution in [0.1, 0.15) is 6.42 Å². The third-order valence-electron chi connectivity index (χ3n) is 3.24. The fraction of sp³-hybridized carbons (Fsp3) is 0.636. The lowest BCUT2D eigenvalue weighted by Crippen LogP contribution is -2.38. The molecule has 5 nitrogen and oxygen atoms in total. The first-order valence-corrected chi connectivity index (χ1v) is 5.62. The molecule has 2 fully saturated rings. The topological polar surface area (TPSA) is 41.5 Å².